The van der Waals surface area contributed by atoms with Gasteiger partial charge in [0.15, 0.2) is 4.80 Å². The molecule has 1 heterocycles. The van der Waals surface area contributed by atoms with Crippen molar-refractivity contribution in [3.8, 4) is 0 Å². The van der Waals surface area contributed by atoms with E-state index in [-0.39, 0.29) is 11.8 Å². The van der Waals surface area contributed by atoms with Crippen LogP contribution in [-0.2, 0) is 18.3 Å². The predicted molar refractivity (Wildman–Crippen MR) is 73.5 cm³/mol. The summed E-state index contributed by atoms with van der Waals surface area (Å²) in [5.74, 6) is 0.246. The van der Waals surface area contributed by atoms with E-state index in [2.05, 4.69) is 34.7 Å². The van der Waals surface area contributed by atoms with Crippen molar-refractivity contribution in [3.05, 3.63) is 28.6 Å². The number of para-hydroxylation sites is 1. The van der Waals surface area contributed by atoms with Crippen molar-refractivity contribution < 1.29 is 4.79 Å². The molecule has 18 heavy (non-hydrogen) atoms. The van der Waals surface area contributed by atoms with Crippen LogP contribution in [0.4, 0.5) is 0 Å². The second-order valence-corrected chi connectivity index (χ2v) is 5.79. The number of hydrogen-bond acceptors (Lipinski definition) is 2. The summed E-state index contributed by atoms with van der Waals surface area (Å²) in [4.78, 5) is 16.9. The minimum absolute atomic E-state index is 0.0511. The van der Waals surface area contributed by atoms with Crippen LogP contribution in [0.15, 0.2) is 23.2 Å². The van der Waals surface area contributed by atoms with Crippen LogP contribution in [0.2, 0.25) is 0 Å². The van der Waals surface area contributed by atoms with Crippen molar-refractivity contribution in [1.29, 1.82) is 0 Å². The highest BCUT2D eigenvalue weighted by Crippen LogP contribution is 2.30. The maximum Gasteiger partial charge on any atom is 0.251 e. The summed E-state index contributed by atoms with van der Waals surface area (Å²) in [6, 6.07) is 6.31. The number of carbonyl (C=O) groups excluding carboxylic acids is 1. The number of aryl methyl sites for hydroxylation is 2. The van der Waals surface area contributed by atoms with Crippen molar-refractivity contribution in [3.63, 3.8) is 0 Å². The number of thiazole rings is 1. The van der Waals surface area contributed by atoms with E-state index in [0.717, 1.165) is 24.1 Å². The Bertz CT molecular complexity index is 677. The number of fused-ring (bicyclic) bond motifs is 1. The van der Waals surface area contributed by atoms with Gasteiger partial charge in [0.2, 0.25) is 0 Å². The number of rotatable bonds is 2. The van der Waals surface area contributed by atoms with Crippen LogP contribution in [-0.4, -0.2) is 10.5 Å². The third-order valence-corrected chi connectivity index (χ3v) is 4.52. The van der Waals surface area contributed by atoms with Crippen LogP contribution in [0.1, 0.15) is 25.3 Å². The van der Waals surface area contributed by atoms with Gasteiger partial charge in [-0.15, -0.1) is 0 Å². The zero-order valence-electron chi connectivity index (χ0n) is 10.6. The Kier molecular flexibility index (Phi) is 2.82. The summed E-state index contributed by atoms with van der Waals surface area (Å²) in [5.41, 5.74) is 2.53. The minimum atomic E-state index is 0.0511. The van der Waals surface area contributed by atoms with Gasteiger partial charge in [-0.1, -0.05) is 30.4 Å². The number of hydrogen-bond donors (Lipinski definition) is 0. The highest BCUT2D eigenvalue weighted by Gasteiger charge is 2.29. The molecule has 0 bridgehead atoms. The van der Waals surface area contributed by atoms with E-state index in [9.17, 15) is 4.79 Å². The number of carbonyl (C=O) groups is 1. The van der Waals surface area contributed by atoms with E-state index in [4.69, 9.17) is 0 Å². The average Bonchev–Trinajstić information content (AvgIpc) is 3.17. The van der Waals surface area contributed by atoms with Gasteiger partial charge < -0.3 is 4.57 Å². The first kappa shape index (κ1) is 11.7. The first-order valence-corrected chi connectivity index (χ1v) is 7.18. The molecule has 4 heteroatoms. The lowest BCUT2D eigenvalue weighted by molar-refractivity contribution is -0.119. The van der Waals surface area contributed by atoms with Gasteiger partial charge in [-0.2, -0.15) is 4.99 Å². The van der Waals surface area contributed by atoms with Gasteiger partial charge in [0.25, 0.3) is 5.91 Å². The van der Waals surface area contributed by atoms with Crippen LogP contribution in [0.3, 0.4) is 0 Å². The van der Waals surface area contributed by atoms with Gasteiger partial charge in [0, 0.05) is 13.0 Å². The van der Waals surface area contributed by atoms with E-state index in [1.54, 1.807) is 11.3 Å². The summed E-state index contributed by atoms with van der Waals surface area (Å²) < 4.78 is 3.26. The Morgan fingerprint density at radius 2 is 2.28 bits per heavy atom. The van der Waals surface area contributed by atoms with Crippen molar-refractivity contribution >= 4 is 27.5 Å². The maximum atomic E-state index is 11.8. The van der Waals surface area contributed by atoms with Gasteiger partial charge >= 0.3 is 0 Å². The number of benzene rings is 1. The van der Waals surface area contributed by atoms with E-state index >= 15 is 0 Å². The zero-order valence-corrected chi connectivity index (χ0v) is 11.5. The van der Waals surface area contributed by atoms with Crippen molar-refractivity contribution in [2.45, 2.75) is 26.2 Å². The average molecular weight is 260 g/mol. The third kappa shape index (κ3) is 1.90. The molecule has 0 spiro atoms. The second kappa shape index (κ2) is 4.35. The van der Waals surface area contributed by atoms with Crippen LogP contribution in [0.25, 0.3) is 10.2 Å². The Morgan fingerprint density at radius 1 is 1.50 bits per heavy atom. The van der Waals surface area contributed by atoms with E-state index < -0.39 is 0 Å². The Labute approximate surface area is 110 Å². The third-order valence-electron chi connectivity index (χ3n) is 3.42. The number of amides is 1. The lowest BCUT2D eigenvalue weighted by atomic mass is 10.1. The summed E-state index contributed by atoms with van der Waals surface area (Å²) >= 11 is 1.60. The van der Waals surface area contributed by atoms with Crippen molar-refractivity contribution in [2.24, 2.45) is 18.0 Å². The van der Waals surface area contributed by atoms with Crippen molar-refractivity contribution in [1.82, 2.24) is 4.57 Å². The fraction of sp³-hybridized carbons (Fsp3) is 0.429. The molecule has 3 rings (SSSR count). The molecule has 0 radical (unpaired) electrons. The first-order chi connectivity index (χ1) is 8.70. The quantitative estimate of drug-likeness (QED) is 0.817. The Morgan fingerprint density at radius 3 is 2.94 bits per heavy atom. The van der Waals surface area contributed by atoms with Crippen LogP contribution >= 0.6 is 11.3 Å². The molecule has 3 nitrogen and oxygen atoms in total. The monoisotopic (exact) mass is 260 g/mol. The van der Waals surface area contributed by atoms with Crippen LogP contribution < -0.4 is 4.80 Å². The van der Waals surface area contributed by atoms with Gasteiger partial charge in [-0.3, -0.25) is 4.79 Å². The molecular weight excluding hydrogens is 244 g/mol. The van der Waals surface area contributed by atoms with E-state index in [1.807, 2.05) is 7.05 Å². The molecule has 1 amide bonds. The molecule has 1 fully saturated rings. The molecule has 0 aliphatic heterocycles. The minimum Gasteiger partial charge on any atom is -0.319 e. The molecule has 1 aromatic heterocycles. The smallest absolute Gasteiger partial charge is 0.251 e. The van der Waals surface area contributed by atoms with Crippen LogP contribution in [0.5, 0.6) is 0 Å². The summed E-state index contributed by atoms with van der Waals surface area (Å²) in [7, 11) is 2.00. The SMILES string of the molecule is CCc1cccc2sc(=NC(=O)C3CC3)n(C)c12. The second-order valence-electron chi connectivity index (χ2n) is 4.79. The van der Waals surface area contributed by atoms with Crippen molar-refractivity contribution in [2.75, 3.05) is 0 Å². The van der Waals surface area contributed by atoms with E-state index in [0.29, 0.717) is 0 Å². The Balaban J connectivity index is 2.19. The standard InChI is InChI=1S/C14H16N2OS/c1-3-9-5-4-6-11-12(9)16(2)14(18-11)15-13(17)10-7-8-10/h4-6,10H,3,7-8H2,1-2H3. The Hall–Kier alpha value is -1.42. The molecule has 1 aliphatic carbocycles. The first-order valence-electron chi connectivity index (χ1n) is 6.36. The molecule has 1 aliphatic rings. The number of aromatic nitrogens is 1. The molecule has 0 atom stereocenters. The highest BCUT2D eigenvalue weighted by atomic mass is 32.1. The molecular formula is C14H16N2OS. The molecule has 0 N–H and O–H groups in total. The topological polar surface area (TPSA) is 34.4 Å². The summed E-state index contributed by atoms with van der Waals surface area (Å²) in [6.07, 6.45) is 3.02. The van der Waals surface area contributed by atoms with Crippen LogP contribution in [0, 0.1) is 5.92 Å². The van der Waals surface area contributed by atoms with Gasteiger partial charge in [0.05, 0.1) is 10.2 Å². The molecule has 94 valence electrons. The summed E-state index contributed by atoms with van der Waals surface area (Å²) in [5, 5.41) is 0. The predicted octanol–water partition coefficient (Wildman–Crippen LogP) is 2.64. The molecule has 1 saturated carbocycles. The maximum absolute atomic E-state index is 11.8. The zero-order chi connectivity index (χ0) is 12.7. The lowest BCUT2D eigenvalue weighted by Crippen LogP contribution is -2.14. The fourth-order valence-corrected chi connectivity index (χ4v) is 3.26. The van der Waals surface area contributed by atoms with Gasteiger partial charge in [-0.25, -0.2) is 0 Å². The fourth-order valence-electron chi connectivity index (χ4n) is 2.19. The lowest BCUT2D eigenvalue weighted by Gasteiger charge is -2.01. The molecule has 0 saturated heterocycles. The normalized spacial score (nSPS) is 16.4. The molecule has 0 unspecified atom stereocenters. The summed E-state index contributed by atoms with van der Waals surface area (Å²) in [6.45, 7) is 2.15. The largest absolute Gasteiger partial charge is 0.319 e. The molecule has 2 aromatic rings. The van der Waals surface area contributed by atoms with Gasteiger partial charge in [-0.05, 0) is 30.9 Å². The van der Waals surface area contributed by atoms with E-state index in [1.165, 1.54) is 15.8 Å². The van der Waals surface area contributed by atoms with Gasteiger partial charge in [0.1, 0.15) is 0 Å². The number of nitrogens with zero attached hydrogens (tertiary/aromatic N) is 2. The molecule has 1 aromatic carbocycles. The highest BCUT2D eigenvalue weighted by molar-refractivity contribution is 7.16.